The third kappa shape index (κ3) is 3.83. The highest BCUT2D eigenvalue weighted by Crippen LogP contribution is 2.36. The third-order valence-corrected chi connectivity index (χ3v) is 4.00. The molecule has 2 aromatic carbocycles. The average molecular weight is 376 g/mol. The van der Waals surface area contributed by atoms with Crippen LogP contribution in [0.25, 0.3) is 11.5 Å². The van der Waals surface area contributed by atoms with Gasteiger partial charge in [0.2, 0.25) is 11.8 Å². The summed E-state index contributed by atoms with van der Waals surface area (Å²) < 4.78 is 21.4. The molecule has 1 heterocycles. The zero-order valence-electron chi connectivity index (χ0n) is 14.6. The second kappa shape index (κ2) is 7.97. The third-order valence-electron chi connectivity index (χ3n) is 3.71. The van der Waals surface area contributed by atoms with Crippen LogP contribution < -0.4 is 19.5 Å². The van der Waals surface area contributed by atoms with Gasteiger partial charge in [-0.2, -0.15) is 0 Å². The van der Waals surface area contributed by atoms with E-state index in [-0.39, 0.29) is 0 Å². The van der Waals surface area contributed by atoms with Gasteiger partial charge in [0.15, 0.2) is 0 Å². The van der Waals surface area contributed by atoms with Gasteiger partial charge in [-0.05, 0) is 24.3 Å². The van der Waals surface area contributed by atoms with Crippen LogP contribution >= 0.6 is 11.6 Å². The molecule has 3 rings (SSSR count). The van der Waals surface area contributed by atoms with E-state index in [0.717, 1.165) is 11.3 Å². The van der Waals surface area contributed by atoms with Gasteiger partial charge in [-0.1, -0.05) is 11.6 Å². The number of rotatable bonds is 7. The molecule has 26 heavy (non-hydrogen) atoms. The zero-order chi connectivity index (χ0) is 18.5. The van der Waals surface area contributed by atoms with Crippen LogP contribution in [0.2, 0.25) is 5.02 Å². The molecule has 0 amide bonds. The van der Waals surface area contributed by atoms with Gasteiger partial charge in [-0.3, -0.25) is 0 Å². The van der Waals surface area contributed by atoms with Gasteiger partial charge >= 0.3 is 0 Å². The fourth-order valence-corrected chi connectivity index (χ4v) is 2.58. The van der Waals surface area contributed by atoms with E-state index in [2.05, 4.69) is 15.5 Å². The Morgan fingerprint density at radius 2 is 1.69 bits per heavy atom. The van der Waals surface area contributed by atoms with Crippen LogP contribution in [0.1, 0.15) is 5.89 Å². The number of methoxy groups -OCH3 is 3. The number of ether oxygens (including phenoxy) is 3. The van der Waals surface area contributed by atoms with Crippen LogP contribution in [0.4, 0.5) is 5.69 Å². The van der Waals surface area contributed by atoms with E-state index in [0.29, 0.717) is 40.5 Å². The van der Waals surface area contributed by atoms with E-state index >= 15 is 0 Å². The molecular formula is C18H18ClN3O4. The van der Waals surface area contributed by atoms with Gasteiger partial charge in [0.05, 0.1) is 38.6 Å². The Balaban J connectivity index is 1.73. The molecule has 1 aromatic heterocycles. The first-order valence-corrected chi connectivity index (χ1v) is 8.14. The van der Waals surface area contributed by atoms with Crippen LogP contribution in [0.15, 0.2) is 40.8 Å². The van der Waals surface area contributed by atoms with Crippen LogP contribution in [-0.2, 0) is 6.54 Å². The maximum absolute atomic E-state index is 6.11. The van der Waals surface area contributed by atoms with E-state index in [1.807, 2.05) is 24.3 Å². The molecular weight excluding hydrogens is 358 g/mol. The minimum absolute atomic E-state index is 0.324. The van der Waals surface area contributed by atoms with Crippen LogP contribution in [0.3, 0.4) is 0 Å². The molecule has 0 aliphatic heterocycles. The fourth-order valence-electron chi connectivity index (χ4n) is 2.34. The highest BCUT2D eigenvalue weighted by atomic mass is 35.5. The van der Waals surface area contributed by atoms with E-state index in [1.54, 1.807) is 33.5 Å². The van der Waals surface area contributed by atoms with Crippen molar-refractivity contribution < 1.29 is 18.6 Å². The molecule has 0 saturated heterocycles. The van der Waals surface area contributed by atoms with Gasteiger partial charge in [-0.15, -0.1) is 10.2 Å². The molecule has 8 heteroatoms. The number of anilines is 1. The SMILES string of the molecule is COc1ccc(-c2nnc(CNc3cc(OC)c(Cl)cc3OC)o2)cc1. The maximum atomic E-state index is 6.11. The predicted molar refractivity (Wildman–Crippen MR) is 98.2 cm³/mol. The molecule has 0 saturated carbocycles. The quantitative estimate of drug-likeness (QED) is 0.667. The van der Waals surface area contributed by atoms with Gasteiger partial charge < -0.3 is 23.9 Å². The van der Waals surface area contributed by atoms with Gasteiger partial charge in [0.25, 0.3) is 0 Å². The lowest BCUT2D eigenvalue weighted by Crippen LogP contribution is -2.02. The Labute approximate surface area is 155 Å². The summed E-state index contributed by atoms with van der Waals surface area (Å²) in [5.74, 6) is 2.76. The maximum Gasteiger partial charge on any atom is 0.247 e. The molecule has 0 bridgehead atoms. The molecule has 1 N–H and O–H groups in total. The molecule has 136 valence electrons. The van der Waals surface area contributed by atoms with E-state index in [4.69, 9.17) is 30.2 Å². The zero-order valence-corrected chi connectivity index (χ0v) is 15.3. The average Bonchev–Trinajstić information content (AvgIpc) is 3.15. The first-order chi connectivity index (χ1) is 12.6. The molecule has 0 radical (unpaired) electrons. The van der Waals surface area contributed by atoms with Crippen molar-refractivity contribution in [2.75, 3.05) is 26.6 Å². The first kappa shape index (κ1) is 17.9. The van der Waals surface area contributed by atoms with E-state index in [9.17, 15) is 0 Å². The number of nitrogens with zero attached hydrogens (tertiary/aromatic N) is 2. The molecule has 0 atom stereocenters. The van der Waals surface area contributed by atoms with Crippen molar-refractivity contribution in [1.29, 1.82) is 0 Å². The van der Waals surface area contributed by atoms with Gasteiger partial charge in [-0.25, -0.2) is 0 Å². The van der Waals surface area contributed by atoms with Crippen molar-refractivity contribution in [2.24, 2.45) is 0 Å². The molecule has 0 fully saturated rings. The summed E-state index contributed by atoms with van der Waals surface area (Å²) in [5.41, 5.74) is 1.52. The summed E-state index contributed by atoms with van der Waals surface area (Å²) in [4.78, 5) is 0. The van der Waals surface area contributed by atoms with Crippen molar-refractivity contribution in [2.45, 2.75) is 6.54 Å². The van der Waals surface area contributed by atoms with E-state index < -0.39 is 0 Å². The lowest BCUT2D eigenvalue weighted by molar-refractivity contribution is 0.404. The Morgan fingerprint density at radius 1 is 0.962 bits per heavy atom. The summed E-state index contributed by atoms with van der Waals surface area (Å²) in [5, 5.41) is 11.8. The lowest BCUT2D eigenvalue weighted by atomic mass is 10.2. The number of aromatic nitrogens is 2. The van der Waals surface area contributed by atoms with Gasteiger partial charge in [0.1, 0.15) is 17.2 Å². The van der Waals surface area contributed by atoms with Crippen molar-refractivity contribution in [3.05, 3.63) is 47.3 Å². The second-order valence-corrected chi connectivity index (χ2v) is 5.68. The number of halogens is 1. The highest BCUT2D eigenvalue weighted by molar-refractivity contribution is 6.32. The Bertz CT molecular complexity index is 881. The van der Waals surface area contributed by atoms with Crippen molar-refractivity contribution in [3.8, 4) is 28.7 Å². The van der Waals surface area contributed by atoms with E-state index in [1.165, 1.54) is 0 Å². The number of benzene rings is 2. The second-order valence-electron chi connectivity index (χ2n) is 5.27. The number of hydrogen-bond donors (Lipinski definition) is 1. The molecule has 7 nitrogen and oxygen atoms in total. The molecule has 0 aliphatic carbocycles. The largest absolute Gasteiger partial charge is 0.497 e. The van der Waals surface area contributed by atoms with Crippen molar-refractivity contribution >= 4 is 17.3 Å². The smallest absolute Gasteiger partial charge is 0.247 e. The molecule has 0 spiro atoms. The Morgan fingerprint density at radius 3 is 2.35 bits per heavy atom. The number of hydrogen-bond acceptors (Lipinski definition) is 7. The Kier molecular flexibility index (Phi) is 5.48. The van der Waals surface area contributed by atoms with Gasteiger partial charge in [0, 0.05) is 17.7 Å². The van der Waals surface area contributed by atoms with Crippen molar-refractivity contribution in [1.82, 2.24) is 10.2 Å². The molecule has 0 aliphatic rings. The normalized spacial score (nSPS) is 10.5. The Hall–Kier alpha value is -2.93. The van der Waals surface area contributed by atoms with Crippen LogP contribution in [0.5, 0.6) is 17.2 Å². The summed E-state index contributed by atoms with van der Waals surface area (Å²) >= 11 is 6.11. The highest BCUT2D eigenvalue weighted by Gasteiger charge is 2.12. The summed E-state index contributed by atoms with van der Waals surface area (Å²) in [6.07, 6.45) is 0. The standard InChI is InChI=1S/C18H18ClN3O4/c1-23-12-6-4-11(5-7-12)18-22-21-17(26-18)10-20-14-9-15(24-2)13(19)8-16(14)25-3/h4-9,20H,10H2,1-3H3. The lowest BCUT2D eigenvalue weighted by Gasteiger charge is -2.12. The first-order valence-electron chi connectivity index (χ1n) is 7.76. The topological polar surface area (TPSA) is 78.6 Å². The fraction of sp³-hybridized carbons (Fsp3) is 0.222. The minimum atomic E-state index is 0.324. The van der Waals surface area contributed by atoms with Crippen LogP contribution in [0, 0.1) is 0 Å². The monoisotopic (exact) mass is 375 g/mol. The van der Waals surface area contributed by atoms with Crippen molar-refractivity contribution in [3.63, 3.8) is 0 Å². The molecule has 0 unspecified atom stereocenters. The minimum Gasteiger partial charge on any atom is -0.497 e. The van der Waals surface area contributed by atoms with Crippen LogP contribution in [-0.4, -0.2) is 31.5 Å². The summed E-state index contributed by atoms with van der Waals surface area (Å²) in [6, 6.07) is 10.8. The summed E-state index contributed by atoms with van der Waals surface area (Å²) in [6.45, 7) is 0.324. The number of nitrogens with one attached hydrogen (secondary N) is 1. The summed E-state index contributed by atoms with van der Waals surface area (Å²) in [7, 11) is 4.74. The predicted octanol–water partition coefficient (Wildman–Crippen LogP) is 4.03. The molecule has 3 aromatic rings.